The number of benzene rings is 1. The minimum atomic E-state index is -0.328. The number of hydrogen-bond acceptors (Lipinski definition) is 3. The van der Waals surface area contributed by atoms with Crippen molar-refractivity contribution >= 4 is 28.2 Å². The number of nitrogens with zero attached hydrogens (tertiary/aromatic N) is 1. The molecule has 4 rings (SSSR count). The fourth-order valence-corrected chi connectivity index (χ4v) is 4.22. The van der Waals surface area contributed by atoms with Crippen LogP contribution in [-0.4, -0.2) is 17.4 Å². The fraction of sp³-hybridized carbons (Fsp3) is 0.278. The maximum atomic E-state index is 13.3. The molecule has 1 atom stereocenters. The van der Waals surface area contributed by atoms with E-state index in [1.807, 2.05) is 4.90 Å². The first-order valence-electron chi connectivity index (χ1n) is 7.68. The molecule has 1 aromatic carbocycles. The van der Waals surface area contributed by atoms with Crippen LogP contribution in [-0.2, 0) is 0 Å². The van der Waals surface area contributed by atoms with E-state index < -0.39 is 0 Å². The van der Waals surface area contributed by atoms with Crippen molar-refractivity contribution in [3.63, 3.8) is 0 Å². The van der Waals surface area contributed by atoms with Crippen molar-refractivity contribution in [1.82, 2.24) is 4.90 Å². The molecule has 3 aromatic rings. The van der Waals surface area contributed by atoms with E-state index in [4.69, 9.17) is 4.42 Å². The van der Waals surface area contributed by atoms with Gasteiger partial charge in [-0.3, -0.25) is 4.79 Å². The summed E-state index contributed by atoms with van der Waals surface area (Å²) in [5, 5.41) is 0.621. The first-order valence-corrected chi connectivity index (χ1v) is 8.50. The highest BCUT2D eigenvalue weighted by Crippen LogP contribution is 2.37. The lowest BCUT2D eigenvalue weighted by molar-refractivity contribution is 0.0708. The van der Waals surface area contributed by atoms with E-state index in [0.717, 1.165) is 19.4 Å². The number of thiophene rings is 1. The average molecular weight is 329 g/mol. The van der Waals surface area contributed by atoms with Crippen molar-refractivity contribution in [3.05, 3.63) is 57.7 Å². The summed E-state index contributed by atoms with van der Waals surface area (Å²) in [7, 11) is 0. The zero-order valence-electron chi connectivity index (χ0n) is 12.7. The molecule has 1 amide bonds. The van der Waals surface area contributed by atoms with Gasteiger partial charge in [0.25, 0.3) is 5.91 Å². The largest absolute Gasteiger partial charge is 0.451 e. The molecule has 0 aliphatic carbocycles. The van der Waals surface area contributed by atoms with E-state index in [0.29, 0.717) is 11.0 Å². The predicted octanol–water partition coefficient (Wildman–Crippen LogP) is 4.92. The highest BCUT2D eigenvalue weighted by molar-refractivity contribution is 7.12. The van der Waals surface area contributed by atoms with Crippen molar-refractivity contribution in [2.45, 2.75) is 25.8 Å². The quantitative estimate of drug-likeness (QED) is 0.668. The van der Waals surface area contributed by atoms with E-state index in [1.54, 1.807) is 23.5 Å². The van der Waals surface area contributed by atoms with E-state index >= 15 is 0 Å². The number of hydrogen-bond donors (Lipinski definition) is 0. The van der Waals surface area contributed by atoms with E-state index in [2.05, 4.69) is 19.1 Å². The second-order valence-corrected chi connectivity index (χ2v) is 7.22. The van der Waals surface area contributed by atoms with Gasteiger partial charge < -0.3 is 9.32 Å². The van der Waals surface area contributed by atoms with Crippen molar-refractivity contribution in [2.24, 2.45) is 0 Å². The number of likely N-dealkylation sites (tertiary alicyclic amines) is 1. The van der Waals surface area contributed by atoms with Gasteiger partial charge in [0.05, 0.1) is 6.04 Å². The predicted molar refractivity (Wildman–Crippen MR) is 88.2 cm³/mol. The molecule has 5 heteroatoms. The summed E-state index contributed by atoms with van der Waals surface area (Å²) in [6, 6.07) is 10.2. The van der Waals surface area contributed by atoms with E-state index in [-0.39, 0.29) is 23.5 Å². The molecule has 0 spiro atoms. The smallest absolute Gasteiger partial charge is 0.290 e. The summed E-state index contributed by atoms with van der Waals surface area (Å²) >= 11 is 1.73. The van der Waals surface area contributed by atoms with Gasteiger partial charge in [-0.25, -0.2) is 4.39 Å². The number of aryl methyl sites for hydroxylation is 1. The van der Waals surface area contributed by atoms with Crippen LogP contribution in [0.2, 0.25) is 0 Å². The van der Waals surface area contributed by atoms with Gasteiger partial charge in [0.15, 0.2) is 5.76 Å². The number of rotatable bonds is 2. The molecular formula is C18H16FNO2S. The Hall–Kier alpha value is -2.14. The van der Waals surface area contributed by atoms with Gasteiger partial charge in [0.1, 0.15) is 11.4 Å². The van der Waals surface area contributed by atoms with Gasteiger partial charge in [-0.2, -0.15) is 0 Å². The lowest BCUT2D eigenvalue weighted by Gasteiger charge is -2.22. The minimum absolute atomic E-state index is 0.116. The first kappa shape index (κ1) is 14.5. The number of carbonyl (C=O) groups excluding carboxylic acids is 1. The lowest BCUT2D eigenvalue weighted by atomic mass is 10.2. The van der Waals surface area contributed by atoms with E-state index in [9.17, 15) is 9.18 Å². The summed E-state index contributed by atoms with van der Waals surface area (Å²) in [5.41, 5.74) is 0.539. The second-order valence-electron chi connectivity index (χ2n) is 5.90. The molecule has 0 bridgehead atoms. The third-order valence-electron chi connectivity index (χ3n) is 4.29. The van der Waals surface area contributed by atoms with Crippen molar-refractivity contribution < 1.29 is 13.6 Å². The third-order valence-corrected chi connectivity index (χ3v) is 5.39. The number of fused-ring (bicyclic) bond motifs is 1. The molecule has 23 heavy (non-hydrogen) atoms. The average Bonchev–Trinajstić information content (AvgIpc) is 3.23. The van der Waals surface area contributed by atoms with Crippen molar-refractivity contribution in [2.75, 3.05) is 6.54 Å². The molecule has 1 aliphatic rings. The molecule has 118 valence electrons. The summed E-state index contributed by atoms with van der Waals surface area (Å²) in [4.78, 5) is 17.2. The van der Waals surface area contributed by atoms with Crippen LogP contribution in [0.3, 0.4) is 0 Å². The normalized spacial score (nSPS) is 18.0. The standard InChI is InChI=1S/C18H16FNO2S/c1-11-4-7-17(23-11)14-3-2-8-20(14)18(21)16-10-12-9-13(19)5-6-15(12)22-16/h4-7,9-10,14H,2-3,8H2,1H3. The van der Waals surface area contributed by atoms with Gasteiger partial charge in [0.2, 0.25) is 0 Å². The SMILES string of the molecule is Cc1ccc(C2CCCN2C(=O)c2cc3cc(F)ccc3o2)s1. The number of furan rings is 1. The van der Waals surface area contributed by atoms with Crippen LogP contribution in [0.4, 0.5) is 4.39 Å². The zero-order chi connectivity index (χ0) is 16.0. The molecule has 1 saturated heterocycles. The number of carbonyl (C=O) groups is 1. The lowest BCUT2D eigenvalue weighted by Crippen LogP contribution is -2.29. The second kappa shape index (κ2) is 5.49. The Bertz CT molecular complexity index is 882. The summed E-state index contributed by atoms with van der Waals surface area (Å²) in [6.45, 7) is 2.80. The molecule has 1 aliphatic heterocycles. The number of amides is 1. The Morgan fingerprint density at radius 1 is 1.30 bits per heavy atom. The molecule has 0 radical (unpaired) electrons. The van der Waals surface area contributed by atoms with E-state index in [1.165, 1.54) is 21.9 Å². The zero-order valence-corrected chi connectivity index (χ0v) is 13.5. The van der Waals surface area contributed by atoms with Crippen molar-refractivity contribution in [3.8, 4) is 0 Å². The monoisotopic (exact) mass is 329 g/mol. The molecule has 3 heterocycles. The molecule has 0 saturated carbocycles. The molecule has 1 fully saturated rings. The van der Waals surface area contributed by atoms with Crippen LogP contribution in [0.15, 0.2) is 40.8 Å². The molecule has 0 N–H and O–H groups in total. The van der Waals surface area contributed by atoms with Gasteiger partial charge in [0, 0.05) is 21.7 Å². The first-order chi connectivity index (χ1) is 11.1. The van der Waals surface area contributed by atoms with Crippen molar-refractivity contribution in [1.29, 1.82) is 0 Å². The van der Waals surface area contributed by atoms with Crippen LogP contribution in [0.25, 0.3) is 11.0 Å². The highest BCUT2D eigenvalue weighted by atomic mass is 32.1. The molecule has 1 unspecified atom stereocenters. The topological polar surface area (TPSA) is 33.5 Å². The maximum Gasteiger partial charge on any atom is 0.290 e. The minimum Gasteiger partial charge on any atom is -0.451 e. The molecule has 3 nitrogen and oxygen atoms in total. The summed E-state index contributed by atoms with van der Waals surface area (Å²) < 4.78 is 18.9. The van der Waals surface area contributed by atoms with Crippen LogP contribution >= 0.6 is 11.3 Å². The number of halogens is 1. The Balaban J connectivity index is 1.66. The van der Waals surface area contributed by atoms with Gasteiger partial charge >= 0.3 is 0 Å². The maximum absolute atomic E-state index is 13.3. The fourth-order valence-electron chi connectivity index (χ4n) is 3.20. The highest BCUT2D eigenvalue weighted by Gasteiger charge is 2.33. The van der Waals surface area contributed by atoms with Crippen LogP contribution in [0.5, 0.6) is 0 Å². The van der Waals surface area contributed by atoms with Gasteiger partial charge in [-0.1, -0.05) is 0 Å². The Morgan fingerprint density at radius 2 is 2.17 bits per heavy atom. The molecular weight excluding hydrogens is 313 g/mol. The molecule has 2 aromatic heterocycles. The summed E-state index contributed by atoms with van der Waals surface area (Å²) in [5.74, 6) is -0.161. The third kappa shape index (κ3) is 2.55. The Morgan fingerprint density at radius 3 is 2.96 bits per heavy atom. The summed E-state index contributed by atoms with van der Waals surface area (Å²) in [6.07, 6.45) is 1.96. The van der Waals surface area contributed by atoms with Crippen LogP contribution in [0.1, 0.15) is 39.2 Å². The van der Waals surface area contributed by atoms with Crippen LogP contribution in [0, 0.1) is 12.7 Å². The van der Waals surface area contributed by atoms with Crippen LogP contribution < -0.4 is 0 Å². The Labute approximate surface area is 137 Å². The Kier molecular flexibility index (Phi) is 3.45. The van der Waals surface area contributed by atoms with Gasteiger partial charge in [-0.05, 0) is 56.2 Å². The van der Waals surface area contributed by atoms with Gasteiger partial charge in [-0.15, -0.1) is 11.3 Å².